The van der Waals surface area contributed by atoms with Crippen LogP contribution in [0.15, 0.2) is 48.5 Å². The summed E-state index contributed by atoms with van der Waals surface area (Å²) in [7, 11) is 1.64. The van der Waals surface area contributed by atoms with Gasteiger partial charge in [0.15, 0.2) is 0 Å². The molecule has 152 valence electrons. The molecule has 0 radical (unpaired) electrons. The number of carbonyl (C=O) groups is 1. The van der Waals surface area contributed by atoms with Gasteiger partial charge in [0.25, 0.3) is 0 Å². The maximum Gasteiger partial charge on any atom is 0.434 e. The first-order chi connectivity index (χ1) is 13.2. The summed E-state index contributed by atoms with van der Waals surface area (Å²) in [5.41, 5.74) is 2.22. The highest BCUT2D eigenvalue weighted by molar-refractivity contribution is 5.91. The van der Waals surface area contributed by atoms with E-state index in [1.165, 1.54) is 0 Å². The standard InChI is InChI=1S/C23H32N2O3/c1-7-8-17-24(19-13-15-21(27-6)16-14-19)25(22(26)28-23(3,4)5)20-11-9-18(2)10-12-20/h9-16H,7-8,17H2,1-6H3. The predicted molar refractivity (Wildman–Crippen MR) is 115 cm³/mol. The number of aryl methyl sites for hydroxylation is 1. The van der Waals surface area contributed by atoms with Crippen molar-refractivity contribution < 1.29 is 14.3 Å². The van der Waals surface area contributed by atoms with Gasteiger partial charge in [0.05, 0.1) is 18.5 Å². The first-order valence-corrected chi connectivity index (χ1v) is 9.76. The number of methoxy groups -OCH3 is 1. The monoisotopic (exact) mass is 384 g/mol. The maximum atomic E-state index is 13.2. The number of ether oxygens (including phenoxy) is 2. The van der Waals surface area contributed by atoms with E-state index in [-0.39, 0.29) is 0 Å². The summed E-state index contributed by atoms with van der Waals surface area (Å²) in [6, 6.07) is 15.6. The Balaban J connectivity index is 2.49. The van der Waals surface area contributed by atoms with Crippen molar-refractivity contribution in [3.8, 4) is 5.75 Å². The molecule has 0 aliphatic rings. The minimum absolute atomic E-state index is 0.400. The molecule has 2 rings (SSSR count). The average molecular weight is 385 g/mol. The fourth-order valence-corrected chi connectivity index (χ4v) is 2.74. The van der Waals surface area contributed by atoms with Gasteiger partial charge >= 0.3 is 6.09 Å². The number of hydrazine groups is 1. The van der Waals surface area contributed by atoms with E-state index in [9.17, 15) is 4.79 Å². The van der Waals surface area contributed by atoms with E-state index in [1.54, 1.807) is 12.1 Å². The van der Waals surface area contributed by atoms with Gasteiger partial charge in [0, 0.05) is 6.54 Å². The Morgan fingerprint density at radius 2 is 1.54 bits per heavy atom. The summed E-state index contributed by atoms with van der Waals surface area (Å²) in [4.78, 5) is 13.2. The largest absolute Gasteiger partial charge is 0.497 e. The van der Waals surface area contributed by atoms with Crippen molar-refractivity contribution in [2.75, 3.05) is 23.7 Å². The average Bonchev–Trinajstić information content (AvgIpc) is 2.65. The second kappa shape index (κ2) is 9.49. The number of anilines is 2. The van der Waals surface area contributed by atoms with Crippen molar-refractivity contribution in [2.24, 2.45) is 0 Å². The Kier molecular flexibility index (Phi) is 7.32. The molecule has 2 aromatic carbocycles. The van der Waals surface area contributed by atoms with E-state index in [2.05, 4.69) is 6.92 Å². The minimum Gasteiger partial charge on any atom is -0.497 e. The summed E-state index contributed by atoms with van der Waals surface area (Å²) in [5, 5.41) is 3.60. The Hall–Kier alpha value is -2.69. The number of benzene rings is 2. The molecule has 2 aromatic rings. The van der Waals surface area contributed by atoms with E-state index in [1.807, 2.05) is 81.2 Å². The third-order valence-electron chi connectivity index (χ3n) is 4.18. The summed E-state index contributed by atoms with van der Waals surface area (Å²) < 4.78 is 11.0. The highest BCUT2D eigenvalue weighted by Gasteiger charge is 2.28. The van der Waals surface area contributed by atoms with Crippen LogP contribution in [-0.2, 0) is 4.74 Å². The molecule has 0 fully saturated rings. The number of unbranched alkanes of at least 4 members (excludes halogenated alkanes) is 1. The zero-order valence-electron chi connectivity index (χ0n) is 17.9. The summed E-state index contributed by atoms with van der Waals surface area (Å²) >= 11 is 0. The molecular formula is C23H32N2O3. The van der Waals surface area contributed by atoms with Gasteiger partial charge in [-0.3, -0.25) is 5.01 Å². The maximum absolute atomic E-state index is 13.2. The summed E-state index contributed by atoms with van der Waals surface area (Å²) in [5.74, 6) is 0.776. The van der Waals surface area contributed by atoms with Gasteiger partial charge in [-0.05, 0) is 70.5 Å². The summed E-state index contributed by atoms with van der Waals surface area (Å²) in [6.07, 6.45) is 1.56. The van der Waals surface area contributed by atoms with E-state index in [0.717, 1.165) is 35.5 Å². The molecule has 0 heterocycles. The molecule has 5 heteroatoms. The lowest BCUT2D eigenvalue weighted by molar-refractivity contribution is 0.0575. The van der Waals surface area contributed by atoms with Crippen molar-refractivity contribution >= 4 is 17.5 Å². The second-order valence-corrected chi connectivity index (χ2v) is 7.80. The molecule has 0 aliphatic heterocycles. The van der Waals surface area contributed by atoms with Crippen LogP contribution in [0.2, 0.25) is 0 Å². The fraction of sp³-hybridized carbons (Fsp3) is 0.435. The number of hydrogen-bond acceptors (Lipinski definition) is 4. The molecule has 0 aromatic heterocycles. The van der Waals surface area contributed by atoms with Gasteiger partial charge < -0.3 is 9.47 Å². The molecule has 0 saturated heterocycles. The van der Waals surface area contributed by atoms with E-state index in [0.29, 0.717) is 6.54 Å². The predicted octanol–water partition coefficient (Wildman–Crippen LogP) is 5.97. The Labute approximate surface area is 168 Å². The highest BCUT2D eigenvalue weighted by atomic mass is 16.6. The minimum atomic E-state index is -0.587. The van der Waals surface area contributed by atoms with Crippen LogP contribution >= 0.6 is 0 Å². The topological polar surface area (TPSA) is 42.0 Å². The molecule has 0 atom stereocenters. The van der Waals surface area contributed by atoms with Crippen LogP contribution in [0.1, 0.15) is 46.1 Å². The van der Waals surface area contributed by atoms with Crippen LogP contribution in [-0.4, -0.2) is 25.3 Å². The van der Waals surface area contributed by atoms with Gasteiger partial charge in [-0.25, -0.2) is 4.79 Å². The third kappa shape index (κ3) is 5.91. The van der Waals surface area contributed by atoms with E-state index in [4.69, 9.17) is 9.47 Å². The number of rotatable bonds is 7. The van der Waals surface area contributed by atoms with Gasteiger partial charge in [-0.15, -0.1) is 0 Å². The van der Waals surface area contributed by atoms with E-state index < -0.39 is 11.7 Å². The number of nitrogens with zero attached hydrogens (tertiary/aromatic N) is 2. The molecule has 0 bridgehead atoms. The zero-order chi connectivity index (χ0) is 20.7. The molecule has 28 heavy (non-hydrogen) atoms. The smallest absolute Gasteiger partial charge is 0.434 e. The first-order valence-electron chi connectivity index (χ1n) is 9.76. The van der Waals surface area contributed by atoms with Crippen LogP contribution < -0.4 is 14.8 Å². The van der Waals surface area contributed by atoms with Gasteiger partial charge in [-0.2, -0.15) is 5.01 Å². The van der Waals surface area contributed by atoms with E-state index >= 15 is 0 Å². The number of amides is 1. The lowest BCUT2D eigenvalue weighted by atomic mass is 10.2. The van der Waals surface area contributed by atoms with Crippen molar-refractivity contribution in [2.45, 2.75) is 53.1 Å². The molecule has 0 aliphatic carbocycles. The quantitative estimate of drug-likeness (QED) is 0.552. The second-order valence-electron chi connectivity index (χ2n) is 7.80. The highest BCUT2D eigenvalue weighted by Crippen LogP contribution is 2.27. The Morgan fingerprint density at radius 1 is 0.964 bits per heavy atom. The van der Waals surface area contributed by atoms with Crippen LogP contribution in [0, 0.1) is 6.92 Å². The third-order valence-corrected chi connectivity index (χ3v) is 4.18. The molecule has 5 nitrogen and oxygen atoms in total. The molecule has 1 amide bonds. The lowest BCUT2D eigenvalue weighted by Crippen LogP contribution is -2.49. The molecule has 0 N–H and O–H groups in total. The zero-order valence-corrected chi connectivity index (χ0v) is 17.9. The number of hydrogen-bond donors (Lipinski definition) is 0. The van der Waals surface area contributed by atoms with Crippen molar-refractivity contribution in [3.05, 3.63) is 54.1 Å². The molecule has 0 unspecified atom stereocenters. The molecule has 0 spiro atoms. The normalized spacial score (nSPS) is 11.1. The summed E-state index contributed by atoms with van der Waals surface area (Å²) in [6.45, 7) is 10.5. The molecular weight excluding hydrogens is 352 g/mol. The van der Waals surface area contributed by atoms with Crippen molar-refractivity contribution in [1.29, 1.82) is 0 Å². The van der Waals surface area contributed by atoms with Crippen molar-refractivity contribution in [3.63, 3.8) is 0 Å². The van der Waals surface area contributed by atoms with Gasteiger partial charge in [0.2, 0.25) is 0 Å². The van der Waals surface area contributed by atoms with Gasteiger partial charge in [0.1, 0.15) is 11.4 Å². The fourth-order valence-electron chi connectivity index (χ4n) is 2.74. The SMILES string of the molecule is CCCCN(c1ccc(OC)cc1)N(C(=O)OC(C)(C)C)c1ccc(C)cc1. The van der Waals surface area contributed by atoms with Crippen LogP contribution in [0.4, 0.5) is 16.2 Å². The van der Waals surface area contributed by atoms with Gasteiger partial charge in [-0.1, -0.05) is 31.0 Å². The van der Waals surface area contributed by atoms with Crippen LogP contribution in [0.3, 0.4) is 0 Å². The molecule has 0 saturated carbocycles. The lowest BCUT2D eigenvalue weighted by Gasteiger charge is -2.37. The van der Waals surface area contributed by atoms with Crippen LogP contribution in [0.5, 0.6) is 5.75 Å². The Bertz CT molecular complexity index is 749. The first kappa shape index (κ1) is 21.6. The Morgan fingerprint density at radius 3 is 2.04 bits per heavy atom. The van der Waals surface area contributed by atoms with Crippen molar-refractivity contribution in [1.82, 2.24) is 0 Å². The van der Waals surface area contributed by atoms with Crippen LogP contribution in [0.25, 0.3) is 0 Å². The number of carbonyl (C=O) groups excluding carboxylic acids is 1.